The lowest BCUT2D eigenvalue weighted by Gasteiger charge is -2.16. The van der Waals surface area contributed by atoms with Crippen LogP contribution in [0, 0.1) is 5.92 Å². The van der Waals surface area contributed by atoms with E-state index in [9.17, 15) is 14.4 Å². The fourth-order valence-electron chi connectivity index (χ4n) is 2.73. The van der Waals surface area contributed by atoms with Crippen molar-refractivity contribution < 1.29 is 19.1 Å². The maximum absolute atomic E-state index is 12.2. The van der Waals surface area contributed by atoms with Crippen LogP contribution in [0.25, 0.3) is 0 Å². The predicted molar refractivity (Wildman–Crippen MR) is 98.7 cm³/mol. The van der Waals surface area contributed by atoms with Crippen LogP contribution in [-0.2, 0) is 14.3 Å². The third-order valence-electron chi connectivity index (χ3n) is 4.09. The van der Waals surface area contributed by atoms with Crippen LogP contribution in [-0.4, -0.2) is 30.8 Å². The lowest BCUT2D eigenvalue weighted by Crippen LogP contribution is -2.27. The molecule has 0 radical (unpaired) electrons. The zero-order valence-electron chi connectivity index (χ0n) is 13.7. The lowest BCUT2D eigenvalue weighted by molar-refractivity contribution is -0.147. The molecule has 0 N–H and O–H groups in total. The van der Waals surface area contributed by atoms with Crippen molar-refractivity contribution in [2.75, 3.05) is 18.1 Å². The summed E-state index contributed by atoms with van der Waals surface area (Å²) in [7, 11) is 0. The van der Waals surface area contributed by atoms with E-state index in [2.05, 4.69) is 0 Å². The molecular weight excluding hydrogens is 377 g/mol. The molecule has 3 rings (SSSR count). The Labute approximate surface area is 160 Å². The van der Waals surface area contributed by atoms with Crippen molar-refractivity contribution in [2.45, 2.75) is 6.42 Å². The fraction of sp³-hybridized carbons (Fsp3) is 0.211. The van der Waals surface area contributed by atoms with Gasteiger partial charge in [-0.05, 0) is 42.5 Å². The summed E-state index contributed by atoms with van der Waals surface area (Å²) in [5.74, 6) is -1.69. The molecule has 1 aliphatic heterocycles. The van der Waals surface area contributed by atoms with Crippen LogP contribution in [0.5, 0.6) is 0 Å². The number of benzene rings is 2. The molecule has 2 aromatic carbocycles. The van der Waals surface area contributed by atoms with Gasteiger partial charge in [0.1, 0.15) is 0 Å². The largest absolute Gasteiger partial charge is 0.457 e. The molecular formula is C19H15Cl2NO4. The highest BCUT2D eigenvalue weighted by atomic mass is 35.5. The molecule has 26 heavy (non-hydrogen) atoms. The van der Waals surface area contributed by atoms with Crippen molar-refractivity contribution in [2.24, 2.45) is 5.92 Å². The van der Waals surface area contributed by atoms with Gasteiger partial charge in [-0.15, -0.1) is 0 Å². The molecule has 7 heteroatoms. The second-order valence-corrected chi connectivity index (χ2v) is 6.80. The number of hydrogen-bond donors (Lipinski definition) is 0. The second kappa shape index (κ2) is 7.89. The van der Waals surface area contributed by atoms with Gasteiger partial charge in [0.05, 0.1) is 5.92 Å². The van der Waals surface area contributed by atoms with Crippen LogP contribution in [0.3, 0.4) is 0 Å². The van der Waals surface area contributed by atoms with Crippen LogP contribution >= 0.6 is 23.2 Å². The SMILES string of the molecule is O=C(COC(=O)[C@H]1CC(=O)N(c2cccc(Cl)c2)C1)c1ccc(Cl)cc1. The van der Waals surface area contributed by atoms with E-state index in [-0.39, 0.29) is 31.3 Å². The molecule has 5 nitrogen and oxygen atoms in total. The van der Waals surface area contributed by atoms with E-state index in [4.69, 9.17) is 27.9 Å². The van der Waals surface area contributed by atoms with Gasteiger partial charge in [0.25, 0.3) is 0 Å². The first kappa shape index (κ1) is 18.4. The molecule has 0 spiro atoms. The van der Waals surface area contributed by atoms with Gasteiger partial charge >= 0.3 is 5.97 Å². The summed E-state index contributed by atoms with van der Waals surface area (Å²) in [4.78, 5) is 38.0. The van der Waals surface area contributed by atoms with Crippen LogP contribution in [0.15, 0.2) is 48.5 Å². The first-order chi connectivity index (χ1) is 12.4. The van der Waals surface area contributed by atoms with Gasteiger partial charge in [-0.25, -0.2) is 0 Å². The zero-order chi connectivity index (χ0) is 18.7. The summed E-state index contributed by atoms with van der Waals surface area (Å²) in [5, 5.41) is 1.03. The Kier molecular flexibility index (Phi) is 5.59. The third kappa shape index (κ3) is 4.23. The number of esters is 1. The highest BCUT2D eigenvalue weighted by Gasteiger charge is 2.36. The van der Waals surface area contributed by atoms with E-state index in [0.29, 0.717) is 21.3 Å². The average Bonchev–Trinajstić information content (AvgIpc) is 3.02. The van der Waals surface area contributed by atoms with Crippen LogP contribution in [0.1, 0.15) is 16.8 Å². The Balaban J connectivity index is 1.58. The molecule has 0 saturated carbocycles. The smallest absolute Gasteiger partial charge is 0.311 e. The Morgan fingerprint density at radius 2 is 1.81 bits per heavy atom. The number of carbonyl (C=O) groups excluding carboxylic acids is 3. The summed E-state index contributed by atoms with van der Waals surface area (Å²) in [6.07, 6.45) is 0.0421. The van der Waals surface area contributed by atoms with Crippen molar-refractivity contribution in [1.29, 1.82) is 0 Å². The molecule has 134 valence electrons. The van der Waals surface area contributed by atoms with E-state index in [1.807, 2.05) is 0 Å². The van der Waals surface area contributed by atoms with Crippen molar-refractivity contribution >= 4 is 46.5 Å². The van der Waals surface area contributed by atoms with Crippen LogP contribution in [0.4, 0.5) is 5.69 Å². The third-order valence-corrected chi connectivity index (χ3v) is 4.58. The maximum atomic E-state index is 12.2. The number of ether oxygens (including phenoxy) is 1. The Bertz CT molecular complexity index is 851. The quantitative estimate of drug-likeness (QED) is 0.574. The number of nitrogens with zero attached hydrogens (tertiary/aromatic N) is 1. The molecule has 1 amide bonds. The molecule has 0 aromatic heterocycles. The van der Waals surface area contributed by atoms with Crippen molar-refractivity contribution in [3.05, 3.63) is 64.1 Å². The van der Waals surface area contributed by atoms with Crippen molar-refractivity contribution in [3.63, 3.8) is 0 Å². The number of hydrogen-bond acceptors (Lipinski definition) is 4. The van der Waals surface area contributed by atoms with E-state index < -0.39 is 11.9 Å². The monoisotopic (exact) mass is 391 g/mol. The van der Waals surface area contributed by atoms with E-state index in [1.165, 1.54) is 4.90 Å². The number of carbonyl (C=O) groups is 3. The summed E-state index contributed by atoms with van der Waals surface area (Å²) >= 11 is 11.7. The lowest BCUT2D eigenvalue weighted by atomic mass is 10.1. The average molecular weight is 392 g/mol. The van der Waals surface area contributed by atoms with Gasteiger partial charge in [-0.1, -0.05) is 29.3 Å². The minimum Gasteiger partial charge on any atom is -0.457 e. The Hall–Kier alpha value is -2.37. The molecule has 0 aliphatic carbocycles. The standard InChI is InChI=1S/C19H15Cl2NO4/c20-14-6-4-12(5-7-14)17(23)11-26-19(25)13-8-18(24)22(10-13)16-3-1-2-15(21)9-16/h1-7,9,13H,8,10-11H2/t13-/m0/s1. The van der Waals surface area contributed by atoms with E-state index in [0.717, 1.165) is 0 Å². The number of rotatable bonds is 5. The van der Waals surface area contributed by atoms with Gasteiger partial charge in [0.2, 0.25) is 5.91 Å². The Morgan fingerprint density at radius 1 is 1.08 bits per heavy atom. The minimum absolute atomic E-state index is 0.0421. The molecule has 1 fully saturated rings. The van der Waals surface area contributed by atoms with Gasteiger partial charge in [0, 0.05) is 34.3 Å². The Morgan fingerprint density at radius 3 is 2.50 bits per heavy atom. The molecule has 0 unspecified atom stereocenters. The summed E-state index contributed by atoms with van der Waals surface area (Å²) in [6, 6.07) is 13.2. The second-order valence-electron chi connectivity index (χ2n) is 5.92. The molecule has 1 aliphatic rings. The van der Waals surface area contributed by atoms with Gasteiger partial charge < -0.3 is 9.64 Å². The normalized spacial score (nSPS) is 16.6. The van der Waals surface area contributed by atoms with Crippen LogP contribution < -0.4 is 4.90 Å². The number of amides is 1. The summed E-state index contributed by atoms with van der Waals surface area (Å²) in [6.45, 7) is -0.171. The molecule has 2 aromatic rings. The molecule has 1 saturated heterocycles. The zero-order valence-corrected chi connectivity index (χ0v) is 15.2. The van der Waals surface area contributed by atoms with Gasteiger partial charge in [-0.2, -0.15) is 0 Å². The highest BCUT2D eigenvalue weighted by Crippen LogP contribution is 2.27. The van der Waals surface area contributed by atoms with Crippen molar-refractivity contribution in [3.8, 4) is 0 Å². The number of anilines is 1. The first-order valence-electron chi connectivity index (χ1n) is 7.95. The molecule has 1 heterocycles. The number of halogens is 2. The number of ketones is 1. The molecule has 1 atom stereocenters. The summed E-state index contributed by atoms with van der Waals surface area (Å²) in [5.41, 5.74) is 1.04. The van der Waals surface area contributed by atoms with Crippen LogP contribution in [0.2, 0.25) is 10.0 Å². The summed E-state index contributed by atoms with van der Waals surface area (Å²) < 4.78 is 5.10. The van der Waals surface area contributed by atoms with E-state index >= 15 is 0 Å². The topological polar surface area (TPSA) is 63.7 Å². The minimum atomic E-state index is -0.612. The maximum Gasteiger partial charge on any atom is 0.311 e. The highest BCUT2D eigenvalue weighted by molar-refractivity contribution is 6.31. The van der Waals surface area contributed by atoms with Gasteiger partial charge in [0.15, 0.2) is 12.4 Å². The molecule has 0 bridgehead atoms. The fourth-order valence-corrected chi connectivity index (χ4v) is 3.04. The first-order valence-corrected chi connectivity index (χ1v) is 8.71. The predicted octanol–water partition coefficient (Wildman–Crippen LogP) is 3.77. The van der Waals surface area contributed by atoms with Gasteiger partial charge in [-0.3, -0.25) is 14.4 Å². The van der Waals surface area contributed by atoms with E-state index in [1.54, 1.807) is 48.5 Å². The van der Waals surface area contributed by atoms with Crippen molar-refractivity contribution in [1.82, 2.24) is 0 Å². The number of Topliss-reactive ketones (excluding diaryl/α,β-unsaturated/α-hetero) is 1.